The predicted molar refractivity (Wildman–Crippen MR) is 86.4 cm³/mol. The van der Waals surface area contributed by atoms with Gasteiger partial charge in [-0.2, -0.15) is 5.10 Å². The first kappa shape index (κ1) is 15.7. The third kappa shape index (κ3) is 3.49. The van der Waals surface area contributed by atoms with Crippen LogP contribution in [0.15, 0.2) is 23.3 Å². The van der Waals surface area contributed by atoms with Crippen LogP contribution in [0.3, 0.4) is 0 Å². The molecule has 0 bridgehead atoms. The summed E-state index contributed by atoms with van der Waals surface area (Å²) in [6, 6.07) is 6.79. The number of benzene rings is 1. The third-order valence-electron chi connectivity index (χ3n) is 4.21. The number of ether oxygens (including phenoxy) is 2. The van der Waals surface area contributed by atoms with Crippen molar-refractivity contribution in [2.24, 2.45) is 5.10 Å². The summed E-state index contributed by atoms with van der Waals surface area (Å²) in [4.78, 5) is 0. The molecule has 0 N–H and O–H groups in total. The first-order valence-corrected chi connectivity index (χ1v) is 7.62. The number of rotatable bonds is 4. The van der Waals surface area contributed by atoms with Gasteiger partial charge >= 0.3 is 0 Å². The van der Waals surface area contributed by atoms with Gasteiger partial charge in [0.1, 0.15) is 11.5 Å². The van der Waals surface area contributed by atoms with Crippen molar-refractivity contribution in [2.75, 3.05) is 14.2 Å². The van der Waals surface area contributed by atoms with E-state index in [9.17, 15) is 0 Å². The lowest BCUT2D eigenvalue weighted by atomic mass is 10.00. The van der Waals surface area contributed by atoms with Gasteiger partial charge in [-0.15, -0.1) is 0 Å². The summed E-state index contributed by atoms with van der Waals surface area (Å²) < 4.78 is 10.8. The van der Waals surface area contributed by atoms with Gasteiger partial charge < -0.3 is 9.47 Å². The van der Waals surface area contributed by atoms with E-state index in [1.807, 2.05) is 25.1 Å². The molecule has 1 fully saturated rings. The minimum absolute atomic E-state index is 0.486. The molecule has 0 aliphatic carbocycles. The van der Waals surface area contributed by atoms with Crippen molar-refractivity contribution < 1.29 is 9.47 Å². The fourth-order valence-electron chi connectivity index (χ4n) is 2.93. The van der Waals surface area contributed by atoms with Crippen LogP contribution in [0.5, 0.6) is 11.5 Å². The molecule has 0 amide bonds. The van der Waals surface area contributed by atoms with Crippen LogP contribution in [0.25, 0.3) is 0 Å². The number of hydrazone groups is 1. The molecule has 4 heteroatoms. The van der Waals surface area contributed by atoms with Gasteiger partial charge in [0.2, 0.25) is 0 Å². The minimum Gasteiger partial charge on any atom is -0.497 e. The highest BCUT2D eigenvalue weighted by molar-refractivity contribution is 6.01. The maximum absolute atomic E-state index is 5.45. The number of piperidine rings is 1. The number of hydrogen-bond donors (Lipinski definition) is 0. The average molecular weight is 290 g/mol. The van der Waals surface area contributed by atoms with E-state index in [0.29, 0.717) is 12.1 Å². The molecule has 2 unspecified atom stereocenters. The van der Waals surface area contributed by atoms with Gasteiger partial charge in [0.15, 0.2) is 0 Å². The normalized spacial score (nSPS) is 23.1. The van der Waals surface area contributed by atoms with Gasteiger partial charge in [-0.05, 0) is 58.2 Å². The molecule has 0 spiro atoms. The Morgan fingerprint density at radius 1 is 1.14 bits per heavy atom. The molecule has 21 heavy (non-hydrogen) atoms. The van der Waals surface area contributed by atoms with Crippen molar-refractivity contribution in [1.82, 2.24) is 5.01 Å². The van der Waals surface area contributed by atoms with Crippen LogP contribution in [-0.4, -0.2) is 37.0 Å². The van der Waals surface area contributed by atoms with Crippen molar-refractivity contribution >= 4 is 5.71 Å². The average Bonchev–Trinajstić information content (AvgIpc) is 2.50. The first-order chi connectivity index (χ1) is 10.1. The van der Waals surface area contributed by atoms with Crippen LogP contribution in [0.2, 0.25) is 0 Å². The topological polar surface area (TPSA) is 34.1 Å². The van der Waals surface area contributed by atoms with E-state index in [1.54, 1.807) is 14.2 Å². The second kappa shape index (κ2) is 6.83. The van der Waals surface area contributed by atoms with Gasteiger partial charge in [0.05, 0.1) is 19.9 Å². The molecule has 0 aromatic heterocycles. The molecule has 2 atom stereocenters. The zero-order valence-electron chi connectivity index (χ0n) is 13.7. The van der Waals surface area contributed by atoms with Crippen LogP contribution in [-0.2, 0) is 0 Å². The van der Waals surface area contributed by atoms with E-state index in [4.69, 9.17) is 14.6 Å². The van der Waals surface area contributed by atoms with Gasteiger partial charge in [-0.1, -0.05) is 0 Å². The fourth-order valence-corrected chi connectivity index (χ4v) is 2.93. The van der Waals surface area contributed by atoms with Crippen molar-refractivity contribution in [3.8, 4) is 11.5 Å². The zero-order chi connectivity index (χ0) is 15.4. The molecule has 1 aliphatic rings. The molecule has 2 rings (SSSR count). The Kier molecular flexibility index (Phi) is 5.10. The van der Waals surface area contributed by atoms with Crippen molar-refractivity contribution in [3.63, 3.8) is 0 Å². The quantitative estimate of drug-likeness (QED) is 0.793. The Morgan fingerprint density at radius 2 is 1.81 bits per heavy atom. The Morgan fingerprint density at radius 3 is 2.38 bits per heavy atom. The van der Waals surface area contributed by atoms with E-state index in [2.05, 4.69) is 18.9 Å². The maximum atomic E-state index is 5.45. The van der Waals surface area contributed by atoms with E-state index in [-0.39, 0.29) is 0 Å². The van der Waals surface area contributed by atoms with Gasteiger partial charge in [0.25, 0.3) is 0 Å². The molecule has 116 valence electrons. The van der Waals surface area contributed by atoms with E-state index >= 15 is 0 Å². The largest absolute Gasteiger partial charge is 0.497 e. The minimum atomic E-state index is 0.486. The second-order valence-corrected chi connectivity index (χ2v) is 5.76. The number of hydrogen-bond acceptors (Lipinski definition) is 4. The second-order valence-electron chi connectivity index (χ2n) is 5.76. The molecule has 1 heterocycles. The Bertz CT molecular complexity index is 504. The maximum Gasteiger partial charge on any atom is 0.128 e. The smallest absolute Gasteiger partial charge is 0.128 e. The highest BCUT2D eigenvalue weighted by Crippen LogP contribution is 2.27. The molecule has 1 aromatic rings. The van der Waals surface area contributed by atoms with Crippen molar-refractivity contribution in [1.29, 1.82) is 0 Å². The summed E-state index contributed by atoms with van der Waals surface area (Å²) in [6.07, 6.45) is 3.70. The standard InChI is InChI=1S/C17H26N2O2/c1-12-7-6-8-13(2)19(12)18-14(3)16-11-15(20-4)9-10-17(16)21-5/h9-13H,6-8H2,1-5H3. The molecular weight excluding hydrogens is 264 g/mol. The van der Waals surface area contributed by atoms with Crippen molar-refractivity contribution in [2.45, 2.75) is 52.1 Å². The highest BCUT2D eigenvalue weighted by atomic mass is 16.5. The third-order valence-corrected chi connectivity index (χ3v) is 4.21. The SMILES string of the molecule is COc1ccc(OC)c(C(C)=NN2C(C)CCCC2C)c1. The van der Waals surface area contributed by atoms with Crippen LogP contribution in [0.4, 0.5) is 0 Å². The van der Waals surface area contributed by atoms with Crippen molar-refractivity contribution in [3.05, 3.63) is 23.8 Å². The molecular formula is C17H26N2O2. The fraction of sp³-hybridized carbons (Fsp3) is 0.588. The lowest BCUT2D eigenvalue weighted by Gasteiger charge is -2.37. The first-order valence-electron chi connectivity index (χ1n) is 7.62. The van der Waals surface area contributed by atoms with E-state index in [0.717, 1.165) is 22.8 Å². The predicted octanol–water partition coefficient (Wildman–Crippen LogP) is 3.69. The summed E-state index contributed by atoms with van der Waals surface area (Å²) in [7, 11) is 3.36. The summed E-state index contributed by atoms with van der Waals surface area (Å²) >= 11 is 0. The molecule has 1 aromatic carbocycles. The summed E-state index contributed by atoms with van der Waals surface area (Å²) in [6.45, 7) is 6.52. The van der Waals surface area contributed by atoms with E-state index in [1.165, 1.54) is 19.3 Å². The zero-order valence-corrected chi connectivity index (χ0v) is 13.7. The lowest BCUT2D eigenvalue weighted by Crippen LogP contribution is -2.40. The number of methoxy groups -OCH3 is 2. The molecule has 1 saturated heterocycles. The van der Waals surface area contributed by atoms with Crippen LogP contribution in [0.1, 0.15) is 45.6 Å². The van der Waals surface area contributed by atoms with Gasteiger partial charge in [0, 0.05) is 17.6 Å². The van der Waals surface area contributed by atoms with Gasteiger partial charge in [-0.25, -0.2) is 0 Å². The molecule has 1 aliphatic heterocycles. The van der Waals surface area contributed by atoms with Crippen LogP contribution in [0, 0.1) is 0 Å². The molecule has 4 nitrogen and oxygen atoms in total. The summed E-state index contributed by atoms with van der Waals surface area (Å²) in [5, 5.41) is 7.10. The Balaban J connectivity index is 2.33. The van der Waals surface area contributed by atoms with E-state index < -0.39 is 0 Å². The summed E-state index contributed by atoms with van der Waals surface area (Å²) in [5.41, 5.74) is 1.95. The highest BCUT2D eigenvalue weighted by Gasteiger charge is 2.23. The molecule has 0 radical (unpaired) electrons. The Hall–Kier alpha value is -1.71. The van der Waals surface area contributed by atoms with Crippen LogP contribution < -0.4 is 9.47 Å². The summed E-state index contributed by atoms with van der Waals surface area (Å²) in [5.74, 6) is 1.65. The molecule has 0 saturated carbocycles. The van der Waals surface area contributed by atoms with Gasteiger partial charge in [-0.3, -0.25) is 5.01 Å². The number of nitrogens with zero attached hydrogens (tertiary/aromatic N) is 2. The lowest BCUT2D eigenvalue weighted by molar-refractivity contribution is 0.108. The van der Waals surface area contributed by atoms with Crippen LogP contribution >= 0.6 is 0 Å². The Labute approximate surface area is 127 Å². The monoisotopic (exact) mass is 290 g/mol.